The first kappa shape index (κ1) is 13.8. The van der Waals surface area contributed by atoms with Crippen LogP contribution in [0.4, 0.5) is 0 Å². The number of ether oxygens (including phenoxy) is 1. The fourth-order valence-corrected chi connectivity index (χ4v) is 2.88. The fourth-order valence-electron chi connectivity index (χ4n) is 2.88. The summed E-state index contributed by atoms with van der Waals surface area (Å²) < 4.78 is 5.27. The Morgan fingerprint density at radius 3 is 2.61 bits per heavy atom. The second kappa shape index (κ2) is 7.10. The van der Waals surface area contributed by atoms with Crippen molar-refractivity contribution >= 4 is 5.91 Å². The maximum Gasteiger partial charge on any atom is 0.239 e. The van der Waals surface area contributed by atoms with Crippen molar-refractivity contribution in [1.29, 1.82) is 0 Å². The van der Waals surface area contributed by atoms with E-state index in [2.05, 4.69) is 5.32 Å². The molecule has 1 N–H and O–H groups in total. The average molecular weight is 254 g/mol. The second-order valence-corrected chi connectivity index (χ2v) is 5.57. The molecule has 2 rings (SSSR count). The number of hydrogen-bond donors (Lipinski definition) is 1. The van der Waals surface area contributed by atoms with Crippen molar-refractivity contribution in [2.24, 2.45) is 5.92 Å². The van der Waals surface area contributed by atoms with Gasteiger partial charge in [0, 0.05) is 13.1 Å². The Morgan fingerprint density at radius 1 is 1.28 bits per heavy atom. The maximum absolute atomic E-state index is 12.2. The van der Waals surface area contributed by atoms with Crippen LogP contribution in [0.15, 0.2) is 0 Å². The van der Waals surface area contributed by atoms with Crippen LogP contribution >= 0.6 is 0 Å². The molecule has 0 radical (unpaired) electrons. The average Bonchev–Trinajstić information content (AvgIpc) is 2.46. The molecule has 0 aromatic carbocycles. The molecule has 1 aliphatic heterocycles. The molecule has 104 valence electrons. The van der Waals surface area contributed by atoms with Gasteiger partial charge in [-0.15, -0.1) is 0 Å². The first-order chi connectivity index (χ1) is 8.77. The number of morpholine rings is 1. The Kier molecular flexibility index (Phi) is 5.45. The topological polar surface area (TPSA) is 41.6 Å². The van der Waals surface area contributed by atoms with E-state index in [9.17, 15) is 4.79 Å². The predicted octanol–water partition coefficient (Wildman–Crippen LogP) is 1.40. The Hall–Kier alpha value is -0.610. The van der Waals surface area contributed by atoms with Crippen LogP contribution in [0.2, 0.25) is 0 Å². The lowest BCUT2D eigenvalue weighted by Crippen LogP contribution is -2.50. The molecule has 1 saturated carbocycles. The fraction of sp³-hybridized carbons (Fsp3) is 0.929. The summed E-state index contributed by atoms with van der Waals surface area (Å²) in [5, 5.41) is 3.42. The summed E-state index contributed by atoms with van der Waals surface area (Å²) >= 11 is 0. The van der Waals surface area contributed by atoms with Crippen LogP contribution in [0.3, 0.4) is 0 Å². The highest BCUT2D eigenvalue weighted by atomic mass is 16.5. The van der Waals surface area contributed by atoms with Gasteiger partial charge in [-0.3, -0.25) is 4.79 Å². The number of carbonyl (C=O) groups is 1. The van der Waals surface area contributed by atoms with Crippen LogP contribution in [-0.2, 0) is 9.53 Å². The zero-order valence-electron chi connectivity index (χ0n) is 11.5. The van der Waals surface area contributed by atoms with Gasteiger partial charge in [-0.2, -0.15) is 0 Å². The lowest BCUT2D eigenvalue weighted by molar-refractivity contribution is -0.137. The normalized spacial score (nSPS) is 23.9. The van der Waals surface area contributed by atoms with Gasteiger partial charge < -0.3 is 15.0 Å². The maximum atomic E-state index is 12.2. The number of carbonyl (C=O) groups excluding carboxylic acids is 1. The third-order valence-corrected chi connectivity index (χ3v) is 4.13. The quantitative estimate of drug-likeness (QED) is 0.824. The van der Waals surface area contributed by atoms with Gasteiger partial charge in [-0.05, 0) is 32.2 Å². The molecule has 18 heavy (non-hydrogen) atoms. The Labute approximate surface area is 110 Å². The molecule has 1 aliphatic carbocycles. The molecule has 1 amide bonds. The summed E-state index contributed by atoms with van der Waals surface area (Å²) in [6, 6.07) is -0.0509. The molecule has 1 atom stereocenters. The standard InChI is InChI=1S/C14H26N2O2/c1-12(14(17)16-7-9-18-10-8-16)15-11-13-5-3-2-4-6-13/h12-13,15H,2-11H2,1H3. The van der Waals surface area contributed by atoms with E-state index >= 15 is 0 Å². The molecule has 0 spiro atoms. The summed E-state index contributed by atoms with van der Waals surface area (Å²) in [5.41, 5.74) is 0. The molecule has 0 aromatic heterocycles. The minimum Gasteiger partial charge on any atom is -0.378 e. The molecule has 1 unspecified atom stereocenters. The second-order valence-electron chi connectivity index (χ2n) is 5.57. The van der Waals surface area contributed by atoms with Crippen LogP contribution < -0.4 is 5.32 Å². The summed E-state index contributed by atoms with van der Waals surface area (Å²) in [6.45, 7) is 5.84. The first-order valence-electron chi connectivity index (χ1n) is 7.37. The SMILES string of the molecule is CC(NCC1CCCCC1)C(=O)N1CCOCC1. The van der Waals surface area contributed by atoms with E-state index in [0.29, 0.717) is 13.2 Å². The molecule has 2 fully saturated rings. The van der Waals surface area contributed by atoms with E-state index in [0.717, 1.165) is 25.6 Å². The third kappa shape index (κ3) is 3.95. The Bertz CT molecular complexity index is 259. The van der Waals surface area contributed by atoms with Crippen molar-refractivity contribution < 1.29 is 9.53 Å². The molecule has 1 saturated heterocycles. The molecule has 0 bridgehead atoms. The minimum absolute atomic E-state index is 0.0509. The van der Waals surface area contributed by atoms with Crippen molar-refractivity contribution in [3.63, 3.8) is 0 Å². The van der Waals surface area contributed by atoms with Gasteiger partial charge in [-0.1, -0.05) is 19.3 Å². The van der Waals surface area contributed by atoms with Gasteiger partial charge in [0.05, 0.1) is 19.3 Å². The lowest BCUT2D eigenvalue weighted by Gasteiger charge is -2.30. The van der Waals surface area contributed by atoms with Crippen LogP contribution in [0, 0.1) is 5.92 Å². The summed E-state index contributed by atoms with van der Waals surface area (Å²) in [7, 11) is 0. The molecule has 1 heterocycles. The van der Waals surface area contributed by atoms with Crippen molar-refractivity contribution in [1.82, 2.24) is 10.2 Å². The predicted molar refractivity (Wildman–Crippen MR) is 71.4 cm³/mol. The molecule has 4 nitrogen and oxygen atoms in total. The van der Waals surface area contributed by atoms with E-state index in [1.807, 2.05) is 11.8 Å². The summed E-state index contributed by atoms with van der Waals surface area (Å²) in [6.07, 6.45) is 6.76. The minimum atomic E-state index is -0.0509. The first-order valence-corrected chi connectivity index (χ1v) is 7.37. The molecule has 0 aromatic rings. The smallest absolute Gasteiger partial charge is 0.239 e. The van der Waals surface area contributed by atoms with Crippen LogP contribution in [0.25, 0.3) is 0 Å². The van der Waals surface area contributed by atoms with Crippen LogP contribution in [0.5, 0.6) is 0 Å². The van der Waals surface area contributed by atoms with Crippen molar-refractivity contribution in [2.75, 3.05) is 32.8 Å². The van der Waals surface area contributed by atoms with Crippen molar-refractivity contribution in [3.8, 4) is 0 Å². The highest BCUT2D eigenvalue weighted by molar-refractivity contribution is 5.81. The van der Waals surface area contributed by atoms with Crippen molar-refractivity contribution in [2.45, 2.75) is 45.1 Å². The molecular formula is C14H26N2O2. The van der Waals surface area contributed by atoms with Gasteiger partial charge in [0.2, 0.25) is 5.91 Å². The van der Waals surface area contributed by atoms with Gasteiger partial charge in [-0.25, -0.2) is 0 Å². The number of nitrogens with zero attached hydrogens (tertiary/aromatic N) is 1. The third-order valence-electron chi connectivity index (χ3n) is 4.13. The van der Waals surface area contributed by atoms with E-state index < -0.39 is 0 Å². The molecule has 4 heteroatoms. The van der Waals surface area contributed by atoms with E-state index in [1.165, 1.54) is 32.1 Å². The van der Waals surface area contributed by atoms with E-state index in [4.69, 9.17) is 4.74 Å². The van der Waals surface area contributed by atoms with Gasteiger partial charge in [0.25, 0.3) is 0 Å². The number of hydrogen-bond acceptors (Lipinski definition) is 3. The monoisotopic (exact) mass is 254 g/mol. The van der Waals surface area contributed by atoms with E-state index in [-0.39, 0.29) is 11.9 Å². The zero-order valence-corrected chi connectivity index (χ0v) is 11.5. The van der Waals surface area contributed by atoms with E-state index in [1.54, 1.807) is 0 Å². The summed E-state index contributed by atoms with van der Waals surface area (Å²) in [4.78, 5) is 14.1. The Morgan fingerprint density at radius 2 is 1.94 bits per heavy atom. The summed E-state index contributed by atoms with van der Waals surface area (Å²) in [5.74, 6) is 1.01. The number of rotatable bonds is 4. The van der Waals surface area contributed by atoms with Gasteiger partial charge in [0.1, 0.15) is 0 Å². The highest BCUT2D eigenvalue weighted by Gasteiger charge is 2.23. The van der Waals surface area contributed by atoms with Gasteiger partial charge >= 0.3 is 0 Å². The lowest BCUT2D eigenvalue weighted by atomic mass is 9.89. The molecular weight excluding hydrogens is 228 g/mol. The van der Waals surface area contributed by atoms with Gasteiger partial charge in [0.15, 0.2) is 0 Å². The van der Waals surface area contributed by atoms with Crippen molar-refractivity contribution in [3.05, 3.63) is 0 Å². The highest BCUT2D eigenvalue weighted by Crippen LogP contribution is 2.22. The van der Waals surface area contributed by atoms with Crippen LogP contribution in [0.1, 0.15) is 39.0 Å². The zero-order chi connectivity index (χ0) is 12.8. The molecule has 2 aliphatic rings. The largest absolute Gasteiger partial charge is 0.378 e. The van der Waals surface area contributed by atoms with Crippen LogP contribution in [-0.4, -0.2) is 49.7 Å². The Balaban J connectivity index is 1.69. The number of amides is 1. The number of nitrogens with one attached hydrogen (secondary N) is 1.